The van der Waals surface area contributed by atoms with Crippen LogP contribution in [0, 0.1) is 27.7 Å². The monoisotopic (exact) mass is 482 g/mol. The molecule has 0 aliphatic carbocycles. The molecule has 1 rings (SSSR count). The highest BCUT2D eigenvalue weighted by Gasteiger charge is 2.25. The average Bonchev–Trinajstić information content (AvgIpc) is 2.70. The van der Waals surface area contributed by atoms with Gasteiger partial charge in [0.15, 0.2) is 0 Å². The quantitative estimate of drug-likeness (QED) is 0.277. The van der Waals surface area contributed by atoms with Crippen LogP contribution in [0.4, 0.5) is 21.0 Å². The van der Waals surface area contributed by atoms with Gasteiger partial charge in [-0.05, 0) is 49.9 Å². The van der Waals surface area contributed by atoms with Crippen LogP contribution in [-0.4, -0.2) is 92.3 Å². The summed E-state index contributed by atoms with van der Waals surface area (Å²) in [7, 11) is 0. The molecule has 0 fully saturated rings. The minimum atomic E-state index is -1.42. The number of urea groups is 2. The van der Waals surface area contributed by atoms with Gasteiger partial charge in [-0.25, -0.2) is 9.59 Å². The second kappa shape index (κ2) is 11.5. The van der Waals surface area contributed by atoms with Crippen molar-refractivity contribution in [2.45, 2.75) is 27.7 Å². The van der Waals surface area contributed by atoms with Crippen LogP contribution in [0.3, 0.4) is 0 Å². The zero-order valence-electron chi connectivity index (χ0n) is 19.0. The van der Waals surface area contributed by atoms with Crippen molar-refractivity contribution in [3.05, 3.63) is 22.3 Å². The molecule has 0 radical (unpaired) electrons. The molecule has 0 heterocycles. The largest absolute Gasteiger partial charge is 0.480 e. The molecule has 0 unspecified atom stereocenters. The van der Waals surface area contributed by atoms with Crippen molar-refractivity contribution in [1.82, 2.24) is 9.80 Å². The number of anilines is 2. The fraction of sp³-hybridized carbons (Fsp3) is 0.400. The number of carbonyl (C=O) groups excluding carboxylic acids is 2. The van der Waals surface area contributed by atoms with Gasteiger partial charge in [0.2, 0.25) is 0 Å². The Balaban J connectivity index is 3.38. The number of hydrogen-bond acceptors (Lipinski definition) is 6. The number of rotatable bonds is 10. The Morgan fingerprint density at radius 2 is 0.794 bits per heavy atom. The molecule has 0 aliphatic heterocycles. The van der Waals surface area contributed by atoms with Crippen LogP contribution >= 0.6 is 0 Å². The summed E-state index contributed by atoms with van der Waals surface area (Å²) in [6.07, 6.45) is 0. The maximum absolute atomic E-state index is 12.6. The van der Waals surface area contributed by atoms with Crippen LogP contribution in [0.5, 0.6) is 0 Å². The van der Waals surface area contributed by atoms with Crippen molar-refractivity contribution < 1.29 is 49.2 Å². The number of carboxylic acid groups (broad SMARTS) is 4. The van der Waals surface area contributed by atoms with Crippen molar-refractivity contribution >= 4 is 47.3 Å². The molecule has 14 heteroatoms. The van der Waals surface area contributed by atoms with E-state index in [1.54, 1.807) is 20.8 Å². The van der Waals surface area contributed by atoms with Crippen molar-refractivity contribution in [3.8, 4) is 0 Å². The molecule has 186 valence electrons. The van der Waals surface area contributed by atoms with Crippen molar-refractivity contribution in [2.24, 2.45) is 0 Å². The molecule has 0 spiro atoms. The Bertz CT molecular complexity index is 928. The van der Waals surface area contributed by atoms with Crippen LogP contribution in [-0.2, 0) is 19.2 Å². The van der Waals surface area contributed by atoms with Crippen LogP contribution in [0.15, 0.2) is 0 Å². The van der Waals surface area contributed by atoms with E-state index in [9.17, 15) is 28.8 Å². The first kappa shape index (κ1) is 27.7. The predicted molar refractivity (Wildman–Crippen MR) is 117 cm³/mol. The number of nitrogens with zero attached hydrogens (tertiary/aromatic N) is 2. The van der Waals surface area contributed by atoms with E-state index in [1.807, 2.05) is 0 Å². The van der Waals surface area contributed by atoms with Gasteiger partial charge < -0.3 is 40.9 Å². The Labute approximate surface area is 193 Å². The molecule has 1 aromatic rings. The summed E-state index contributed by atoms with van der Waals surface area (Å²) in [6.45, 7) is 3.00. The zero-order valence-corrected chi connectivity index (χ0v) is 19.0. The van der Waals surface area contributed by atoms with E-state index in [2.05, 4.69) is 10.6 Å². The molecule has 4 amide bonds. The molecule has 0 aliphatic rings. The molecule has 0 aromatic heterocycles. The maximum Gasteiger partial charge on any atom is 0.323 e. The summed E-state index contributed by atoms with van der Waals surface area (Å²) in [5.74, 6) is -5.69. The van der Waals surface area contributed by atoms with E-state index in [-0.39, 0.29) is 11.4 Å². The molecular formula is C20H26N4O10. The van der Waals surface area contributed by atoms with E-state index >= 15 is 0 Å². The van der Waals surface area contributed by atoms with Gasteiger partial charge in [-0.1, -0.05) is 0 Å². The third-order valence-electron chi connectivity index (χ3n) is 4.97. The molecule has 0 saturated heterocycles. The summed E-state index contributed by atoms with van der Waals surface area (Å²) in [5.41, 5.74) is 2.37. The summed E-state index contributed by atoms with van der Waals surface area (Å²) in [6, 6.07) is -2.01. The van der Waals surface area contributed by atoms with Gasteiger partial charge in [-0.15, -0.1) is 0 Å². The number of amides is 4. The molecule has 0 bridgehead atoms. The lowest BCUT2D eigenvalue weighted by Gasteiger charge is -2.26. The van der Waals surface area contributed by atoms with E-state index in [4.69, 9.17) is 20.4 Å². The van der Waals surface area contributed by atoms with Gasteiger partial charge in [0.25, 0.3) is 0 Å². The highest BCUT2D eigenvalue weighted by molar-refractivity contribution is 5.99. The lowest BCUT2D eigenvalue weighted by atomic mass is 9.95. The van der Waals surface area contributed by atoms with Crippen molar-refractivity contribution in [3.63, 3.8) is 0 Å². The Morgan fingerprint density at radius 3 is 1.03 bits per heavy atom. The maximum atomic E-state index is 12.6. The van der Waals surface area contributed by atoms with E-state index in [1.165, 1.54) is 6.92 Å². The fourth-order valence-corrected chi connectivity index (χ4v) is 3.14. The first-order valence-electron chi connectivity index (χ1n) is 9.75. The van der Waals surface area contributed by atoms with Crippen LogP contribution in [0.1, 0.15) is 22.3 Å². The van der Waals surface area contributed by atoms with Crippen molar-refractivity contribution in [1.29, 1.82) is 0 Å². The predicted octanol–water partition coefficient (Wildman–Crippen LogP) is 0.926. The number of carbonyl (C=O) groups is 6. The number of aliphatic carboxylic acids is 4. The third-order valence-corrected chi connectivity index (χ3v) is 4.97. The highest BCUT2D eigenvalue weighted by atomic mass is 16.4. The van der Waals surface area contributed by atoms with Gasteiger partial charge in [0.1, 0.15) is 26.2 Å². The number of hydrogen-bond donors (Lipinski definition) is 6. The summed E-state index contributed by atoms with van der Waals surface area (Å²) < 4.78 is 0. The standard InChI is InChI=1S/C20H26N4O10/c1-9-10(2)17(21-19(33)23(5-13(25)26)6-14(27)28)12(4)18(11(9)3)22-20(34)24(7-15(29)30)8-16(31)32/h5-8H2,1-4H3,(H,21,33)(H,22,34)(H,25,26)(H,27,28)(H,29,30)(H,31,32). The van der Waals surface area contributed by atoms with Gasteiger partial charge in [0, 0.05) is 0 Å². The van der Waals surface area contributed by atoms with Gasteiger partial charge in [-0.3, -0.25) is 19.2 Å². The summed E-state index contributed by atoms with van der Waals surface area (Å²) >= 11 is 0. The zero-order chi connectivity index (χ0) is 26.3. The van der Waals surface area contributed by atoms with E-state index in [0.29, 0.717) is 32.1 Å². The van der Waals surface area contributed by atoms with Crippen LogP contribution in [0.2, 0.25) is 0 Å². The van der Waals surface area contributed by atoms with Crippen molar-refractivity contribution in [2.75, 3.05) is 36.8 Å². The number of carboxylic acids is 4. The smallest absolute Gasteiger partial charge is 0.323 e. The Morgan fingerprint density at radius 1 is 0.529 bits per heavy atom. The Kier molecular flexibility index (Phi) is 9.35. The molecule has 14 nitrogen and oxygen atoms in total. The molecule has 34 heavy (non-hydrogen) atoms. The number of benzene rings is 1. The molecule has 1 aromatic carbocycles. The first-order valence-corrected chi connectivity index (χ1v) is 9.75. The second-order valence-corrected chi connectivity index (χ2v) is 7.40. The molecule has 0 atom stereocenters. The SMILES string of the molecule is Cc1c(C)c(NC(=O)N(CC(=O)O)CC(=O)O)c(C)c(NC(=O)N(CC(=O)O)CC(=O)O)c1C. The van der Waals surface area contributed by atoms with E-state index < -0.39 is 62.1 Å². The first-order chi connectivity index (χ1) is 15.6. The second-order valence-electron chi connectivity index (χ2n) is 7.40. The molecule has 6 N–H and O–H groups in total. The van der Waals surface area contributed by atoms with E-state index in [0.717, 1.165) is 0 Å². The van der Waals surface area contributed by atoms with Crippen LogP contribution < -0.4 is 10.6 Å². The minimum Gasteiger partial charge on any atom is -0.480 e. The third kappa shape index (κ3) is 7.36. The van der Waals surface area contributed by atoms with Gasteiger partial charge >= 0.3 is 35.9 Å². The summed E-state index contributed by atoms with van der Waals surface area (Å²) in [4.78, 5) is 70.5. The topological polar surface area (TPSA) is 214 Å². The number of nitrogens with one attached hydrogen (secondary N) is 2. The normalized spacial score (nSPS) is 10.2. The lowest BCUT2D eigenvalue weighted by molar-refractivity contribution is -0.142. The van der Waals surface area contributed by atoms with Gasteiger partial charge in [0.05, 0.1) is 11.4 Å². The summed E-state index contributed by atoms with van der Waals surface area (Å²) in [5, 5.41) is 40.8. The van der Waals surface area contributed by atoms with Gasteiger partial charge in [-0.2, -0.15) is 0 Å². The molecule has 0 saturated carbocycles. The Hall–Kier alpha value is -4.36. The fourth-order valence-electron chi connectivity index (χ4n) is 3.14. The highest BCUT2D eigenvalue weighted by Crippen LogP contribution is 2.34. The lowest BCUT2D eigenvalue weighted by Crippen LogP contribution is -2.42. The minimum absolute atomic E-state index is 0.173. The molecular weight excluding hydrogens is 456 g/mol. The average molecular weight is 482 g/mol. The van der Waals surface area contributed by atoms with Crippen LogP contribution in [0.25, 0.3) is 0 Å².